The summed E-state index contributed by atoms with van der Waals surface area (Å²) in [5, 5.41) is 0.528. The Kier molecular flexibility index (Phi) is 6.39. The molecule has 1 unspecified atom stereocenters. The van der Waals surface area contributed by atoms with E-state index < -0.39 is 5.97 Å². The summed E-state index contributed by atoms with van der Waals surface area (Å²) >= 11 is 6.14. The molecule has 31 heavy (non-hydrogen) atoms. The van der Waals surface area contributed by atoms with Crippen molar-refractivity contribution >= 4 is 17.6 Å². The number of ether oxygens (including phenoxy) is 4. The number of halogens is 1. The van der Waals surface area contributed by atoms with Gasteiger partial charge in [0.2, 0.25) is 0 Å². The van der Waals surface area contributed by atoms with Crippen molar-refractivity contribution in [3.05, 3.63) is 40.9 Å². The predicted octanol–water partition coefficient (Wildman–Crippen LogP) is 5.66. The van der Waals surface area contributed by atoms with Crippen molar-refractivity contribution < 1.29 is 23.7 Å². The maximum absolute atomic E-state index is 12.1. The van der Waals surface area contributed by atoms with E-state index in [0.717, 1.165) is 38.7 Å². The van der Waals surface area contributed by atoms with Gasteiger partial charge in [0.25, 0.3) is 0 Å². The van der Waals surface area contributed by atoms with E-state index in [1.807, 2.05) is 0 Å². The number of rotatable bonds is 5. The second kappa shape index (κ2) is 8.76. The molecule has 3 aliphatic rings. The van der Waals surface area contributed by atoms with Crippen LogP contribution in [0.2, 0.25) is 5.02 Å². The minimum Gasteiger partial charge on any atom is -0.493 e. The first-order chi connectivity index (χ1) is 14.8. The largest absolute Gasteiger partial charge is 0.493 e. The van der Waals surface area contributed by atoms with E-state index in [1.54, 1.807) is 18.2 Å². The molecule has 0 aromatic heterocycles. The highest BCUT2D eigenvalue weighted by Crippen LogP contribution is 2.62. The molecule has 1 heterocycles. The van der Waals surface area contributed by atoms with E-state index in [1.165, 1.54) is 12.7 Å². The molecule has 1 aromatic carbocycles. The number of hydrogen-bond donors (Lipinski definition) is 0. The number of methoxy groups -OCH3 is 1. The van der Waals surface area contributed by atoms with Gasteiger partial charge in [-0.25, -0.2) is 4.79 Å². The van der Waals surface area contributed by atoms with Crippen LogP contribution in [0.4, 0.5) is 0 Å². The van der Waals surface area contributed by atoms with Gasteiger partial charge >= 0.3 is 5.97 Å². The first kappa shape index (κ1) is 22.6. The molecule has 0 radical (unpaired) electrons. The van der Waals surface area contributed by atoms with Crippen LogP contribution in [0.3, 0.4) is 0 Å². The Morgan fingerprint density at radius 1 is 1.29 bits per heavy atom. The lowest BCUT2D eigenvalue weighted by Crippen LogP contribution is -2.60. The molecule has 5 nitrogen and oxygen atoms in total. The lowest BCUT2D eigenvalue weighted by molar-refractivity contribution is -0.260. The second-order valence-corrected chi connectivity index (χ2v) is 10.2. The lowest BCUT2D eigenvalue weighted by Gasteiger charge is -2.62. The fourth-order valence-electron chi connectivity index (χ4n) is 6.54. The molecule has 3 fully saturated rings. The van der Waals surface area contributed by atoms with Crippen molar-refractivity contribution in [2.24, 2.45) is 22.7 Å². The van der Waals surface area contributed by atoms with Gasteiger partial charge in [-0.15, -0.1) is 0 Å². The normalized spacial score (nSPS) is 35.1. The van der Waals surface area contributed by atoms with Crippen molar-refractivity contribution in [2.75, 3.05) is 27.1 Å². The van der Waals surface area contributed by atoms with Crippen LogP contribution in [0.25, 0.3) is 0 Å². The summed E-state index contributed by atoms with van der Waals surface area (Å²) < 4.78 is 22.7. The van der Waals surface area contributed by atoms with Crippen molar-refractivity contribution in [3.63, 3.8) is 0 Å². The molecule has 2 aliphatic carbocycles. The van der Waals surface area contributed by atoms with Crippen LogP contribution < -0.4 is 4.74 Å². The van der Waals surface area contributed by atoms with Crippen LogP contribution in [-0.4, -0.2) is 39.2 Å². The van der Waals surface area contributed by atoms with E-state index in [-0.39, 0.29) is 16.9 Å². The fraction of sp³-hybridized carbons (Fsp3) is 0.640. The Hall–Kier alpha value is -1.56. The predicted molar refractivity (Wildman–Crippen MR) is 119 cm³/mol. The molecule has 0 spiro atoms. The Labute approximate surface area is 190 Å². The monoisotopic (exact) mass is 448 g/mol. The maximum Gasteiger partial charge on any atom is 0.341 e. The molecule has 0 bridgehead atoms. The Balaban J connectivity index is 1.50. The number of hydrogen-bond acceptors (Lipinski definition) is 5. The molecule has 170 valence electrons. The third kappa shape index (κ3) is 4.01. The van der Waals surface area contributed by atoms with Crippen LogP contribution in [0, 0.1) is 22.7 Å². The SMILES string of the molecule is C=C1CCC2[C@]3(C)COCO[C@@H]3CC[C@@]2(C)[C@@H]1CCOc1cc(Cl)ccc1C(=O)OC. The standard InChI is InChI=1S/C25H33ClO5/c1-16-5-8-21-24(2,11-9-22-25(21,3)14-29-15-31-22)19(16)10-12-30-20-13-17(26)6-7-18(20)23(27)28-4/h6-7,13,19,21-22H,1,5,8-12,14-15H2,2-4H3/t19-,21?,22-,24+,25+/m1/s1. The summed E-state index contributed by atoms with van der Waals surface area (Å²) in [7, 11) is 1.36. The second-order valence-electron chi connectivity index (χ2n) is 9.74. The summed E-state index contributed by atoms with van der Waals surface area (Å²) in [5.74, 6) is 0.912. The molecule has 0 amide bonds. The molecule has 1 aliphatic heterocycles. The fourth-order valence-corrected chi connectivity index (χ4v) is 6.71. The van der Waals surface area contributed by atoms with E-state index in [2.05, 4.69) is 20.4 Å². The van der Waals surface area contributed by atoms with Crippen molar-refractivity contribution in [3.8, 4) is 5.75 Å². The Morgan fingerprint density at radius 3 is 2.87 bits per heavy atom. The van der Waals surface area contributed by atoms with Gasteiger partial charge in [0.15, 0.2) is 0 Å². The molecule has 5 atom stereocenters. The van der Waals surface area contributed by atoms with Crippen molar-refractivity contribution in [2.45, 2.75) is 52.1 Å². The van der Waals surface area contributed by atoms with Gasteiger partial charge in [-0.1, -0.05) is 37.6 Å². The first-order valence-electron chi connectivity index (χ1n) is 11.2. The van der Waals surface area contributed by atoms with Crippen LogP contribution in [0.5, 0.6) is 5.75 Å². The number of allylic oxidation sites excluding steroid dienone is 1. The third-order valence-electron chi connectivity index (χ3n) is 8.09. The highest BCUT2D eigenvalue weighted by Gasteiger charge is 2.59. The molecular weight excluding hydrogens is 416 g/mol. The van der Waals surface area contributed by atoms with Crippen LogP contribution >= 0.6 is 11.6 Å². The lowest BCUT2D eigenvalue weighted by atomic mass is 9.46. The quantitative estimate of drug-likeness (QED) is 0.430. The zero-order chi connectivity index (χ0) is 22.2. The Bertz CT molecular complexity index is 854. The number of carbonyl (C=O) groups is 1. The number of fused-ring (bicyclic) bond motifs is 3. The summed E-state index contributed by atoms with van der Waals surface area (Å²) in [6.07, 6.45) is 5.45. The summed E-state index contributed by atoms with van der Waals surface area (Å²) in [5.41, 5.74) is 1.87. The summed E-state index contributed by atoms with van der Waals surface area (Å²) in [4.78, 5) is 12.1. The van der Waals surface area contributed by atoms with Gasteiger partial charge in [0.1, 0.15) is 18.1 Å². The van der Waals surface area contributed by atoms with Crippen LogP contribution in [-0.2, 0) is 14.2 Å². The van der Waals surface area contributed by atoms with E-state index in [0.29, 0.717) is 41.6 Å². The number of benzene rings is 1. The summed E-state index contributed by atoms with van der Waals surface area (Å²) in [6, 6.07) is 4.99. The minimum absolute atomic E-state index is 0.0378. The van der Waals surface area contributed by atoms with Gasteiger partial charge in [-0.3, -0.25) is 0 Å². The van der Waals surface area contributed by atoms with E-state index in [9.17, 15) is 4.79 Å². The van der Waals surface area contributed by atoms with E-state index in [4.69, 9.17) is 30.5 Å². The average molecular weight is 449 g/mol. The van der Waals surface area contributed by atoms with Gasteiger partial charge < -0.3 is 18.9 Å². The number of carbonyl (C=O) groups excluding carboxylic acids is 1. The molecule has 4 rings (SSSR count). The smallest absolute Gasteiger partial charge is 0.341 e. The average Bonchev–Trinajstić information content (AvgIpc) is 2.74. The molecule has 1 aromatic rings. The Morgan fingerprint density at radius 2 is 2.10 bits per heavy atom. The van der Waals surface area contributed by atoms with E-state index >= 15 is 0 Å². The first-order valence-corrected chi connectivity index (χ1v) is 11.5. The maximum atomic E-state index is 12.1. The minimum atomic E-state index is -0.427. The van der Waals surface area contributed by atoms with Crippen molar-refractivity contribution in [1.29, 1.82) is 0 Å². The zero-order valence-electron chi connectivity index (χ0n) is 18.7. The summed E-state index contributed by atoms with van der Waals surface area (Å²) in [6.45, 7) is 10.9. The number of esters is 1. The topological polar surface area (TPSA) is 54.0 Å². The molecule has 6 heteroatoms. The van der Waals surface area contributed by atoms with Gasteiger partial charge in [0.05, 0.1) is 26.4 Å². The highest BCUT2D eigenvalue weighted by molar-refractivity contribution is 6.30. The van der Waals surface area contributed by atoms with Gasteiger partial charge in [0, 0.05) is 10.4 Å². The molecule has 0 N–H and O–H groups in total. The van der Waals surface area contributed by atoms with Gasteiger partial charge in [-0.05, 0) is 67.6 Å². The van der Waals surface area contributed by atoms with Gasteiger partial charge in [-0.2, -0.15) is 0 Å². The zero-order valence-corrected chi connectivity index (χ0v) is 19.5. The van der Waals surface area contributed by atoms with Crippen LogP contribution in [0.1, 0.15) is 56.3 Å². The molecule has 1 saturated heterocycles. The molecular formula is C25H33ClO5. The molecule has 2 saturated carbocycles. The third-order valence-corrected chi connectivity index (χ3v) is 8.33. The highest BCUT2D eigenvalue weighted by atomic mass is 35.5. The van der Waals surface area contributed by atoms with Crippen molar-refractivity contribution in [1.82, 2.24) is 0 Å². The van der Waals surface area contributed by atoms with Crippen LogP contribution in [0.15, 0.2) is 30.4 Å².